The molecule has 0 radical (unpaired) electrons. The Morgan fingerprint density at radius 3 is 1.91 bits per heavy atom. The van der Waals surface area contributed by atoms with Crippen LogP contribution in [0.4, 0.5) is 0 Å². The first-order chi connectivity index (χ1) is 36.5. The summed E-state index contributed by atoms with van der Waals surface area (Å²) < 4.78 is 28.9. The van der Waals surface area contributed by atoms with E-state index in [-0.39, 0.29) is 38.0 Å². The van der Waals surface area contributed by atoms with Gasteiger partial charge in [-0.25, -0.2) is 4.79 Å². The summed E-state index contributed by atoms with van der Waals surface area (Å²) in [6, 6.07) is 6.38. The minimum atomic E-state index is -2.38. The summed E-state index contributed by atoms with van der Waals surface area (Å²) >= 11 is 0. The number of ether oxygens (including phenoxy) is 5. The number of carbonyl (C=O) groups excluding carboxylic acids is 3. The summed E-state index contributed by atoms with van der Waals surface area (Å²) in [5.74, 6) is -7.04. The summed E-state index contributed by atoms with van der Waals surface area (Å²) in [6.45, 7) is 6.75. The van der Waals surface area contributed by atoms with Gasteiger partial charge in [-0.2, -0.15) is 0 Å². The number of nitrogens with two attached hydrogens (primary N) is 1. The van der Waals surface area contributed by atoms with Crippen LogP contribution >= 0.6 is 0 Å². The molecular formula is C57H84N2O18. The van der Waals surface area contributed by atoms with Gasteiger partial charge in [-0.1, -0.05) is 129 Å². The smallest absolute Gasteiger partial charge is 0.328 e. The molecule has 1 amide bonds. The number of allylic oxidation sites excluding steroid dienone is 12. The number of cyclic esters (lactones) is 1. The molecule has 0 saturated carbocycles. The van der Waals surface area contributed by atoms with Gasteiger partial charge in [0.25, 0.3) is 0 Å². The molecule has 3 heterocycles. The van der Waals surface area contributed by atoms with E-state index < -0.39 is 159 Å². The number of rotatable bonds is 7. The highest BCUT2D eigenvalue weighted by atomic mass is 16.7. The number of amides is 1. The van der Waals surface area contributed by atoms with E-state index in [0.29, 0.717) is 5.56 Å². The summed E-state index contributed by atoms with van der Waals surface area (Å²) in [7, 11) is 1.16. The van der Waals surface area contributed by atoms with Gasteiger partial charge in [-0.15, -0.1) is 0 Å². The van der Waals surface area contributed by atoms with Crippen molar-refractivity contribution in [2.45, 2.75) is 189 Å². The first-order valence-electron chi connectivity index (χ1n) is 26.4. The van der Waals surface area contributed by atoms with E-state index in [4.69, 9.17) is 29.4 Å². The van der Waals surface area contributed by atoms with Crippen LogP contribution in [0.1, 0.15) is 84.6 Å². The first kappa shape index (κ1) is 64.8. The van der Waals surface area contributed by atoms with Crippen LogP contribution in [0.3, 0.4) is 0 Å². The van der Waals surface area contributed by atoms with Gasteiger partial charge < -0.3 is 85.8 Å². The van der Waals surface area contributed by atoms with Crippen molar-refractivity contribution in [1.82, 2.24) is 5.32 Å². The van der Waals surface area contributed by atoms with Gasteiger partial charge >= 0.3 is 11.9 Å². The normalized spacial score (nSPS) is 40.5. The summed E-state index contributed by atoms with van der Waals surface area (Å²) in [5.41, 5.74) is 6.82. The number of methoxy groups -OCH3 is 1. The maximum Gasteiger partial charge on any atom is 0.328 e. The number of aliphatic hydroxyl groups is 10. The van der Waals surface area contributed by atoms with Gasteiger partial charge in [-0.05, 0) is 38.7 Å². The van der Waals surface area contributed by atoms with Crippen LogP contribution < -0.4 is 11.1 Å². The van der Waals surface area contributed by atoms with E-state index in [0.717, 1.165) is 7.11 Å². The Balaban J connectivity index is 1.66. The number of benzene rings is 1. The van der Waals surface area contributed by atoms with Crippen LogP contribution in [0.15, 0.2) is 115 Å². The van der Waals surface area contributed by atoms with Gasteiger partial charge in [-0.3, -0.25) is 9.59 Å². The third-order valence-electron chi connectivity index (χ3n) is 14.1. The van der Waals surface area contributed by atoms with E-state index in [9.17, 15) is 65.4 Å². The molecule has 1 aromatic rings. The van der Waals surface area contributed by atoms with E-state index in [1.54, 1.807) is 111 Å². The zero-order valence-electron chi connectivity index (χ0n) is 44.6. The Morgan fingerprint density at radius 2 is 1.30 bits per heavy atom. The number of carbonyl (C=O) groups is 3. The minimum Gasteiger partial charge on any atom is -0.467 e. The third kappa shape index (κ3) is 21.4. The lowest BCUT2D eigenvalue weighted by Gasteiger charge is -2.46. The maximum atomic E-state index is 14.4. The van der Waals surface area contributed by atoms with Gasteiger partial charge in [0.2, 0.25) is 5.91 Å². The molecule has 3 aliphatic heterocycles. The highest BCUT2D eigenvalue weighted by Gasteiger charge is 2.51. The molecule has 2 fully saturated rings. The van der Waals surface area contributed by atoms with Gasteiger partial charge in [0, 0.05) is 43.9 Å². The molecule has 77 heavy (non-hydrogen) atoms. The average Bonchev–Trinajstić information content (AvgIpc) is 3.37. The highest BCUT2D eigenvalue weighted by Crippen LogP contribution is 2.38. The Labute approximate surface area is 451 Å². The second-order valence-corrected chi connectivity index (χ2v) is 20.5. The minimum absolute atomic E-state index is 0.0126. The molecule has 0 unspecified atom stereocenters. The third-order valence-corrected chi connectivity index (χ3v) is 14.1. The highest BCUT2D eigenvalue weighted by molar-refractivity contribution is 5.86. The molecule has 1 aromatic carbocycles. The van der Waals surface area contributed by atoms with Crippen LogP contribution in [0.2, 0.25) is 0 Å². The SMILES string of the molecule is COC(=O)[C@H](Cc1ccccc1)NC(=O)[C@H]1[C@@H]2C[C@@H](O[C@@H]3O[C@H](C)[C@@H](O)[C@H](N)[C@@H]3O)/C=C/C=C/C=C/C=C/C=C/C=C/C=C/[C@H](C)[C@@H](O)[C@@H](C)[C@H](C)OC(=O)C[C@H](O)C[C@H](O)CC[C@@H](O)[C@H](O)C[C@H](O)C[C@](O)(C[C@@H]1O)O2. The van der Waals surface area contributed by atoms with E-state index in [2.05, 4.69) is 5.32 Å². The standard InChI is InChI=1S/C57H84N2O18/c1-34-21-17-14-12-10-8-6-7-9-11-13-15-20-24-42(76-56-53(69)50(58)52(68)37(4)75-56)31-47-49(54(70)59-43(55(71)73-5)27-38-22-18-16-19-23-38)46(65)33-57(72,77-47)32-41(62)29-45(64)44(63)26-25-39(60)28-40(61)30-48(66)74-36(3)35(2)51(34)67/h6-24,34-37,39-47,49-53,56,60-65,67-69,72H,25-33,58H2,1-5H3,(H,59,70)/b7-6+,10-8+,11-9+,14-12+,15-13+,21-17+,24-20+/t34-,35-,36-,37+,39+,40+,41-,42-,43-,44+,45+,46-,47-,49+,50-,51+,52+,53-,56-,57+/m0/s1. The summed E-state index contributed by atoms with van der Waals surface area (Å²) in [4.78, 5) is 40.2. The van der Waals surface area contributed by atoms with Crippen molar-refractivity contribution >= 4 is 17.8 Å². The number of aliphatic hydroxyl groups excluding tert-OH is 9. The van der Waals surface area contributed by atoms with Crippen molar-refractivity contribution in [3.63, 3.8) is 0 Å². The second kappa shape index (κ2) is 32.4. The van der Waals surface area contributed by atoms with E-state index in [1.807, 2.05) is 25.2 Å². The Bertz CT molecular complexity index is 2170. The topological polar surface area (TPSA) is 338 Å². The summed E-state index contributed by atoms with van der Waals surface area (Å²) in [6.07, 6.45) is 3.02. The molecule has 430 valence electrons. The first-order valence-corrected chi connectivity index (χ1v) is 26.4. The lowest BCUT2D eigenvalue weighted by atomic mass is 9.82. The molecule has 0 spiro atoms. The largest absolute Gasteiger partial charge is 0.467 e. The molecular weight excluding hydrogens is 1000 g/mol. The Kier molecular flexibility index (Phi) is 27.2. The van der Waals surface area contributed by atoms with Crippen molar-refractivity contribution in [1.29, 1.82) is 0 Å². The lowest BCUT2D eigenvalue weighted by Crippen LogP contribution is -2.62. The van der Waals surface area contributed by atoms with Crippen molar-refractivity contribution in [3.05, 3.63) is 121 Å². The fraction of sp³-hybridized carbons (Fsp3) is 0.596. The molecule has 3 aliphatic rings. The molecule has 0 aliphatic carbocycles. The van der Waals surface area contributed by atoms with Gasteiger partial charge in [0.1, 0.15) is 18.2 Å². The molecule has 20 heteroatoms. The van der Waals surface area contributed by atoms with Crippen molar-refractivity contribution in [3.8, 4) is 0 Å². The van der Waals surface area contributed by atoms with Crippen LogP contribution in [-0.4, -0.2) is 180 Å². The number of fused-ring (bicyclic) bond motifs is 2. The Hall–Kier alpha value is -4.75. The molecule has 0 aromatic heterocycles. The van der Waals surface area contributed by atoms with Crippen molar-refractivity contribution in [2.75, 3.05) is 7.11 Å². The number of nitrogens with one attached hydrogen (secondary N) is 1. The summed E-state index contributed by atoms with van der Waals surface area (Å²) in [5, 5.41) is 114. The molecule has 13 N–H and O–H groups in total. The Morgan fingerprint density at radius 1 is 0.701 bits per heavy atom. The van der Waals surface area contributed by atoms with E-state index >= 15 is 0 Å². The van der Waals surface area contributed by atoms with Gasteiger partial charge in [0.05, 0.1) is 92.6 Å². The zero-order valence-corrected chi connectivity index (χ0v) is 44.6. The van der Waals surface area contributed by atoms with Crippen LogP contribution in [0.5, 0.6) is 0 Å². The molecule has 20 nitrogen and oxygen atoms in total. The fourth-order valence-corrected chi connectivity index (χ4v) is 9.44. The quantitative estimate of drug-likeness (QED) is 0.172. The maximum absolute atomic E-state index is 14.4. The zero-order chi connectivity index (χ0) is 56.8. The predicted octanol–water partition coefficient (Wildman–Crippen LogP) is 1.53. The van der Waals surface area contributed by atoms with Crippen LogP contribution in [0.25, 0.3) is 0 Å². The number of hydrogen-bond acceptors (Lipinski definition) is 19. The lowest BCUT2D eigenvalue weighted by molar-refractivity contribution is -0.307. The molecule has 2 bridgehead atoms. The van der Waals surface area contributed by atoms with E-state index in [1.165, 1.54) is 6.92 Å². The second-order valence-electron chi connectivity index (χ2n) is 20.5. The van der Waals surface area contributed by atoms with Crippen LogP contribution in [0, 0.1) is 17.8 Å². The monoisotopic (exact) mass is 1080 g/mol. The van der Waals surface area contributed by atoms with Crippen molar-refractivity contribution in [2.24, 2.45) is 23.5 Å². The molecule has 2 saturated heterocycles. The van der Waals surface area contributed by atoms with Gasteiger partial charge in [0.15, 0.2) is 12.1 Å². The molecule has 4 rings (SSSR count). The number of esters is 2. The van der Waals surface area contributed by atoms with Crippen LogP contribution in [-0.2, 0) is 44.5 Å². The number of hydrogen-bond donors (Lipinski definition) is 12. The average molecular weight is 1090 g/mol. The van der Waals surface area contributed by atoms with Crippen molar-refractivity contribution < 1.29 is 89.1 Å². The fourth-order valence-electron chi connectivity index (χ4n) is 9.44. The molecule has 20 atom stereocenters. The predicted molar refractivity (Wildman–Crippen MR) is 283 cm³/mol.